The van der Waals surface area contributed by atoms with Crippen LogP contribution >= 0.6 is 34.0 Å². The summed E-state index contributed by atoms with van der Waals surface area (Å²) in [6, 6.07) is 5.91. The number of rotatable bonds is 5. The molecule has 1 fully saturated rings. The fourth-order valence-electron chi connectivity index (χ4n) is 3.61. The highest BCUT2D eigenvalue weighted by atomic mass is 32.1. The van der Waals surface area contributed by atoms with Crippen LogP contribution in [0.5, 0.6) is 0 Å². The largest absolute Gasteiger partial charge is 0.349 e. The Morgan fingerprint density at radius 1 is 1.07 bits per heavy atom. The van der Waals surface area contributed by atoms with Gasteiger partial charge in [-0.15, -0.1) is 11.3 Å². The van der Waals surface area contributed by atoms with Crippen molar-refractivity contribution in [3.05, 3.63) is 29.3 Å². The molecule has 4 aromatic rings. The quantitative estimate of drug-likeness (QED) is 0.447. The molecule has 1 saturated heterocycles. The van der Waals surface area contributed by atoms with Gasteiger partial charge in [-0.3, -0.25) is 4.79 Å². The van der Waals surface area contributed by atoms with Crippen LogP contribution < -0.4 is 9.80 Å². The fraction of sp³-hybridized carbons (Fsp3) is 0.400. The molecule has 0 unspecified atom stereocenters. The topological polar surface area (TPSA) is 65.5 Å². The van der Waals surface area contributed by atoms with E-state index in [1.807, 2.05) is 23.1 Å². The van der Waals surface area contributed by atoms with Crippen molar-refractivity contribution in [3.8, 4) is 0 Å². The molecule has 10 heteroatoms. The van der Waals surface area contributed by atoms with Gasteiger partial charge in [0.05, 0.1) is 9.58 Å². The van der Waals surface area contributed by atoms with Crippen LogP contribution in [-0.2, 0) is 0 Å². The van der Waals surface area contributed by atoms with Crippen LogP contribution in [0.2, 0.25) is 0 Å². The fourth-order valence-corrected chi connectivity index (χ4v) is 6.88. The number of pyridine rings is 1. The zero-order valence-electron chi connectivity index (χ0n) is 16.9. The molecule has 0 aliphatic carbocycles. The van der Waals surface area contributed by atoms with E-state index in [1.165, 1.54) is 11.3 Å². The second-order valence-electron chi connectivity index (χ2n) is 7.05. The van der Waals surface area contributed by atoms with Gasteiger partial charge in [0.1, 0.15) is 15.2 Å². The first-order valence-electron chi connectivity index (χ1n) is 10.1. The average Bonchev–Trinajstić information content (AvgIpc) is 3.47. The van der Waals surface area contributed by atoms with Gasteiger partial charge in [0.25, 0.3) is 5.91 Å². The number of fused-ring (bicyclic) bond motifs is 2. The molecule has 0 saturated carbocycles. The van der Waals surface area contributed by atoms with Crippen molar-refractivity contribution in [1.29, 1.82) is 0 Å². The first kappa shape index (κ1) is 19.7. The van der Waals surface area contributed by atoms with Crippen molar-refractivity contribution in [2.75, 3.05) is 49.1 Å². The van der Waals surface area contributed by atoms with Gasteiger partial charge in [-0.1, -0.05) is 22.7 Å². The normalized spacial score (nSPS) is 14.7. The molecule has 30 heavy (non-hydrogen) atoms. The Balaban J connectivity index is 1.26. The number of hydrogen-bond donors (Lipinski definition) is 0. The van der Waals surface area contributed by atoms with Crippen molar-refractivity contribution in [1.82, 2.24) is 19.9 Å². The molecule has 4 aromatic heterocycles. The maximum Gasteiger partial charge on any atom is 0.264 e. The lowest BCUT2D eigenvalue weighted by Crippen LogP contribution is -2.48. The summed E-state index contributed by atoms with van der Waals surface area (Å²) in [7, 11) is 0. The molecule has 1 aliphatic heterocycles. The summed E-state index contributed by atoms with van der Waals surface area (Å²) in [6.45, 7) is 9.13. The number of carbonyl (C=O) groups excluding carboxylic acids is 1. The maximum atomic E-state index is 13.0. The van der Waals surface area contributed by atoms with Crippen molar-refractivity contribution in [2.24, 2.45) is 0 Å². The van der Waals surface area contributed by atoms with Gasteiger partial charge in [0.15, 0.2) is 10.3 Å². The Morgan fingerprint density at radius 2 is 1.87 bits per heavy atom. The van der Waals surface area contributed by atoms with E-state index in [4.69, 9.17) is 9.97 Å². The van der Waals surface area contributed by atoms with Crippen LogP contribution in [0.3, 0.4) is 0 Å². The highest BCUT2D eigenvalue weighted by Crippen LogP contribution is 2.35. The predicted octanol–water partition coefficient (Wildman–Crippen LogP) is 4.17. The molecule has 0 spiro atoms. The average molecular weight is 459 g/mol. The minimum atomic E-state index is 0.111. The Bertz CT molecular complexity index is 1120. The molecule has 5 rings (SSSR count). The maximum absolute atomic E-state index is 13.0. The predicted molar refractivity (Wildman–Crippen MR) is 127 cm³/mol. The number of thiazole rings is 2. The molecule has 1 aliphatic rings. The van der Waals surface area contributed by atoms with Crippen LogP contribution in [0.15, 0.2) is 24.4 Å². The Hall–Kier alpha value is -2.30. The van der Waals surface area contributed by atoms with Gasteiger partial charge in [-0.2, -0.15) is 0 Å². The zero-order chi connectivity index (χ0) is 20.7. The van der Waals surface area contributed by atoms with Crippen molar-refractivity contribution < 1.29 is 4.79 Å². The molecule has 0 aromatic carbocycles. The van der Waals surface area contributed by atoms with Crippen molar-refractivity contribution in [3.63, 3.8) is 0 Å². The van der Waals surface area contributed by atoms with Crippen molar-refractivity contribution in [2.45, 2.75) is 13.8 Å². The Kier molecular flexibility index (Phi) is 5.30. The third-order valence-corrected chi connectivity index (χ3v) is 8.56. The summed E-state index contributed by atoms with van der Waals surface area (Å²) in [5.41, 5.74) is 0.936. The summed E-state index contributed by atoms with van der Waals surface area (Å²) in [5, 5.41) is 2.03. The number of nitrogens with zero attached hydrogens (tertiary/aromatic N) is 6. The van der Waals surface area contributed by atoms with Gasteiger partial charge in [0.2, 0.25) is 0 Å². The lowest BCUT2D eigenvalue weighted by Gasteiger charge is -2.34. The number of piperazine rings is 1. The zero-order valence-corrected chi connectivity index (χ0v) is 19.3. The smallest absolute Gasteiger partial charge is 0.264 e. The van der Waals surface area contributed by atoms with E-state index in [1.54, 1.807) is 28.9 Å². The second kappa shape index (κ2) is 8.09. The lowest BCUT2D eigenvalue weighted by molar-refractivity contribution is 0.0751. The monoisotopic (exact) mass is 458 g/mol. The summed E-state index contributed by atoms with van der Waals surface area (Å²) >= 11 is 4.79. The third-order valence-electron chi connectivity index (χ3n) is 5.32. The van der Waals surface area contributed by atoms with Crippen LogP contribution in [0.4, 0.5) is 10.3 Å². The molecule has 0 radical (unpaired) electrons. The Labute approximate surface area is 186 Å². The first-order valence-corrected chi connectivity index (χ1v) is 12.5. The van der Waals surface area contributed by atoms with E-state index in [2.05, 4.69) is 28.6 Å². The molecule has 0 N–H and O–H groups in total. The first-order chi connectivity index (χ1) is 14.7. The van der Waals surface area contributed by atoms with Gasteiger partial charge in [-0.05, 0) is 32.0 Å². The van der Waals surface area contributed by atoms with E-state index in [-0.39, 0.29) is 5.91 Å². The summed E-state index contributed by atoms with van der Waals surface area (Å²) in [4.78, 5) is 36.0. The number of hydrogen-bond acceptors (Lipinski definition) is 9. The van der Waals surface area contributed by atoms with Crippen LogP contribution in [-0.4, -0.2) is 65.0 Å². The van der Waals surface area contributed by atoms with Gasteiger partial charge in [-0.25, -0.2) is 15.0 Å². The van der Waals surface area contributed by atoms with Gasteiger partial charge in [0, 0.05) is 45.5 Å². The number of thiophene rings is 1. The number of anilines is 2. The third kappa shape index (κ3) is 3.52. The molecule has 0 atom stereocenters. The molecular weight excluding hydrogens is 436 g/mol. The second-order valence-corrected chi connectivity index (χ2v) is 10.0. The lowest BCUT2D eigenvalue weighted by atomic mass is 10.3. The molecule has 5 heterocycles. The SMILES string of the molecule is CCN(CC)c1nc2sc(C(=O)N3CCN(c4nc5cccnc5s4)CC3)cc2s1. The van der Waals surface area contributed by atoms with E-state index in [0.717, 1.165) is 61.2 Å². The summed E-state index contributed by atoms with van der Waals surface area (Å²) in [5.74, 6) is 0.111. The van der Waals surface area contributed by atoms with Gasteiger partial charge >= 0.3 is 0 Å². The Morgan fingerprint density at radius 3 is 2.57 bits per heavy atom. The molecule has 156 valence electrons. The highest BCUT2D eigenvalue weighted by Gasteiger charge is 2.26. The minimum absolute atomic E-state index is 0.111. The van der Waals surface area contributed by atoms with E-state index in [9.17, 15) is 4.79 Å². The van der Waals surface area contributed by atoms with Crippen LogP contribution in [0.1, 0.15) is 23.5 Å². The van der Waals surface area contributed by atoms with E-state index < -0.39 is 0 Å². The van der Waals surface area contributed by atoms with Crippen molar-refractivity contribution >= 4 is 70.1 Å². The summed E-state index contributed by atoms with van der Waals surface area (Å²) in [6.07, 6.45) is 1.80. The number of carbonyl (C=O) groups is 1. The van der Waals surface area contributed by atoms with Crippen LogP contribution in [0, 0.1) is 0 Å². The highest BCUT2D eigenvalue weighted by molar-refractivity contribution is 7.29. The van der Waals surface area contributed by atoms with E-state index >= 15 is 0 Å². The summed E-state index contributed by atoms with van der Waals surface area (Å²) < 4.78 is 1.10. The molecule has 1 amide bonds. The number of aromatic nitrogens is 3. The van der Waals surface area contributed by atoms with Crippen LogP contribution in [0.25, 0.3) is 19.9 Å². The molecule has 7 nitrogen and oxygen atoms in total. The minimum Gasteiger partial charge on any atom is -0.349 e. The number of amides is 1. The standard InChI is InChI=1S/C20H22N6OS3/c1-3-24(4-2)20-23-17-14(29-20)12-15(28-17)18(27)25-8-10-26(11-9-25)19-22-13-6-5-7-21-16(13)30-19/h5-7,12H,3-4,8-11H2,1-2H3. The van der Waals surface area contributed by atoms with Gasteiger partial charge < -0.3 is 14.7 Å². The molecule has 0 bridgehead atoms. The molecular formula is C20H22N6OS3. The van der Waals surface area contributed by atoms with E-state index in [0.29, 0.717) is 13.1 Å².